The lowest BCUT2D eigenvalue weighted by molar-refractivity contribution is 0.791. The third-order valence-electron chi connectivity index (χ3n) is 7.98. The molecule has 3 heteroatoms. The van der Waals surface area contributed by atoms with E-state index in [1.165, 1.54) is 54.6 Å². The van der Waals surface area contributed by atoms with Gasteiger partial charge in [-0.3, -0.25) is 0 Å². The molecule has 0 aromatic heterocycles. The second-order valence-corrected chi connectivity index (χ2v) is 11.1. The average Bonchev–Trinajstić information content (AvgIpc) is 2.89. The first-order valence-electron chi connectivity index (χ1n) is 12.8. The Hall–Kier alpha value is -3.26. The molecule has 0 bridgehead atoms. The molecule has 0 unspecified atom stereocenters. The molecule has 0 atom stereocenters. The molecule has 1 aliphatic heterocycles. The predicted molar refractivity (Wildman–Crippen MR) is 163 cm³/mol. The number of hydrogen-bond acceptors (Lipinski definition) is 1. The summed E-state index contributed by atoms with van der Waals surface area (Å²) in [5.74, 6) is 0. The Kier molecular flexibility index (Phi) is 6.02. The Morgan fingerprint density at radius 1 is 0.838 bits per heavy atom. The summed E-state index contributed by atoms with van der Waals surface area (Å²) in [5, 5.41) is 12.9. The highest BCUT2D eigenvalue weighted by atomic mass is 35.5. The number of halogens is 2. The number of fused-ring (bicyclic) bond motifs is 3. The number of benzene rings is 5. The van der Waals surface area contributed by atoms with Crippen LogP contribution >= 0.6 is 23.2 Å². The van der Waals surface area contributed by atoms with Gasteiger partial charge in [0, 0.05) is 39.0 Å². The van der Waals surface area contributed by atoms with Crippen molar-refractivity contribution in [3.63, 3.8) is 0 Å². The zero-order valence-corrected chi connectivity index (χ0v) is 22.8. The summed E-state index contributed by atoms with van der Waals surface area (Å²) < 4.78 is 0. The first-order valence-corrected chi connectivity index (χ1v) is 13.6. The smallest absolute Gasteiger partial charge is 0.0494 e. The van der Waals surface area contributed by atoms with E-state index in [4.69, 9.17) is 23.2 Å². The molecule has 5 aromatic rings. The Labute approximate surface area is 228 Å². The van der Waals surface area contributed by atoms with Crippen molar-refractivity contribution in [3.8, 4) is 0 Å². The molecule has 0 saturated heterocycles. The molecular formula is C34H29Cl2N. The Balaban J connectivity index is 0.000000138. The van der Waals surface area contributed by atoms with Crippen molar-refractivity contribution in [2.24, 2.45) is 0 Å². The number of hydrogen-bond donors (Lipinski definition) is 1. The SMILES string of the molecule is C=C(Cl)C1=C(C)CCc2c3c(cc(Cl)c21)C(=C)NCC3.Cc1ccc2ccc3cccc4ccc1c2c34. The van der Waals surface area contributed by atoms with Crippen molar-refractivity contribution >= 4 is 66.8 Å². The summed E-state index contributed by atoms with van der Waals surface area (Å²) >= 11 is 12.8. The van der Waals surface area contributed by atoms with Crippen LogP contribution in [0.2, 0.25) is 5.02 Å². The van der Waals surface area contributed by atoms with Crippen LogP contribution in [-0.4, -0.2) is 6.54 Å². The third kappa shape index (κ3) is 3.93. The fraction of sp³-hybridized carbons (Fsp3) is 0.176. The van der Waals surface area contributed by atoms with E-state index in [2.05, 4.69) is 86.9 Å². The van der Waals surface area contributed by atoms with Crippen LogP contribution in [0.15, 0.2) is 84.4 Å². The van der Waals surface area contributed by atoms with Crippen molar-refractivity contribution in [1.82, 2.24) is 5.32 Å². The zero-order valence-electron chi connectivity index (χ0n) is 21.3. The van der Waals surface area contributed by atoms with Gasteiger partial charge in [-0.1, -0.05) is 96.5 Å². The number of nitrogens with one attached hydrogen (secondary N) is 1. The van der Waals surface area contributed by atoms with Crippen molar-refractivity contribution in [2.75, 3.05) is 6.54 Å². The van der Waals surface area contributed by atoms with Gasteiger partial charge < -0.3 is 5.32 Å². The van der Waals surface area contributed by atoms with Crippen molar-refractivity contribution < 1.29 is 0 Å². The summed E-state index contributed by atoms with van der Waals surface area (Å²) in [6, 6.07) is 21.9. The first-order chi connectivity index (χ1) is 17.8. The molecular weight excluding hydrogens is 493 g/mol. The van der Waals surface area contributed by atoms with E-state index in [0.717, 1.165) is 53.2 Å². The van der Waals surface area contributed by atoms with Crippen LogP contribution in [0, 0.1) is 6.92 Å². The molecule has 5 aromatic carbocycles. The summed E-state index contributed by atoms with van der Waals surface area (Å²) in [6.07, 6.45) is 3.04. The van der Waals surface area contributed by atoms with Gasteiger partial charge >= 0.3 is 0 Å². The van der Waals surface area contributed by atoms with E-state index < -0.39 is 0 Å². The molecule has 1 aliphatic carbocycles. The maximum Gasteiger partial charge on any atom is 0.0494 e. The topological polar surface area (TPSA) is 12.0 Å². The highest BCUT2D eigenvalue weighted by molar-refractivity contribution is 6.39. The fourth-order valence-electron chi connectivity index (χ4n) is 6.18. The number of aryl methyl sites for hydroxylation is 1. The molecule has 0 amide bonds. The average molecular weight is 523 g/mol. The van der Waals surface area contributed by atoms with Crippen LogP contribution in [0.25, 0.3) is 43.6 Å². The monoisotopic (exact) mass is 521 g/mol. The molecule has 2 aliphatic rings. The lowest BCUT2D eigenvalue weighted by Gasteiger charge is -2.30. The highest BCUT2D eigenvalue weighted by Crippen LogP contribution is 2.44. The van der Waals surface area contributed by atoms with E-state index in [9.17, 15) is 0 Å². The molecule has 184 valence electrons. The summed E-state index contributed by atoms with van der Waals surface area (Å²) in [5.41, 5.74) is 9.57. The van der Waals surface area contributed by atoms with Gasteiger partial charge in [-0.05, 0) is 88.2 Å². The van der Waals surface area contributed by atoms with Crippen LogP contribution in [0.4, 0.5) is 0 Å². The lowest BCUT2D eigenvalue weighted by atomic mass is 9.80. The predicted octanol–water partition coefficient (Wildman–Crippen LogP) is 9.82. The Morgan fingerprint density at radius 2 is 1.51 bits per heavy atom. The van der Waals surface area contributed by atoms with Gasteiger partial charge in [0.15, 0.2) is 0 Å². The van der Waals surface area contributed by atoms with Crippen LogP contribution < -0.4 is 5.32 Å². The van der Waals surface area contributed by atoms with Gasteiger partial charge in [-0.15, -0.1) is 0 Å². The Morgan fingerprint density at radius 3 is 2.24 bits per heavy atom. The zero-order chi connectivity index (χ0) is 25.8. The van der Waals surface area contributed by atoms with Crippen LogP contribution in [0.3, 0.4) is 0 Å². The molecule has 0 radical (unpaired) electrons. The molecule has 0 spiro atoms. The second-order valence-electron chi connectivity index (χ2n) is 10.2. The van der Waals surface area contributed by atoms with E-state index in [1.807, 2.05) is 6.07 Å². The number of allylic oxidation sites excluding steroid dienone is 3. The molecule has 37 heavy (non-hydrogen) atoms. The molecule has 7 rings (SSSR count). The minimum Gasteiger partial charge on any atom is -0.385 e. The summed E-state index contributed by atoms with van der Waals surface area (Å²) in [7, 11) is 0. The van der Waals surface area contributed by atoms with Gasteiger partial charge in [0.05, 0.1) is 0 Å². The van der Waals surface area contributed by atoms with Crippen LogP contribution in [0.1, 0.15) is 41.2 Å². The third-order valence-corrected chi connectivity index (χ3v) is 8.47. The van der Waals surface area contributed by atoms with Crippen molar-refractivity contribution in [2.45, 2.75) is 33.1 Å². The summed E-state index contributed by atoms with van der Waals surface area (Å²) in [6.45, 7) is 13.2. The van der Waals surface area contributed by atoms with Gasteiger partial charge in [0.2, 0.25) is 0 Å². The van der Waals surface area contributed by atoms with Crippen molar-refractivity contribution in [1.29, 1.82) is 0 Å². The highest BCUT2D eigenvalue weighted by Gasteiger charge is 2.27. The van der Waals surface area contributed by atoms with E-state index in [1.54, 1.807) is 0 Å². The van der Waals surface area contributed by atoms with Gasteiger partial charge in [0.1, 0.15) is 0 Å². The van der Waals surface area contributed by atoms with Gasteiger partial charge in [-0.25, -0.2) is 0 Å². The van der Waals surface area contributed by atoms with E-state index in [-0.39, 0.29) is 0 Å². The van der Waals surface area contributed by atoms with Crippen molar-refractivity contribution in [3.05, 3.63) is 117 Å². The normalized spacial score (nSPS) is 14.9. The maximum atomic E-state index is 6.55. The van der Waals surface area contributed by atoms with Gasteiger partial charge in [0.25, 0.3) is 0 Å². The van der Waals surface area contributed by atoms with Gasteiger partial charge in [-0.2, -0.15) is 0 Å². The molecule has 1 heterocycles. The molecule has 0 saturated carbocycles. The quantitative estimate of drug-likeness (QED) is 0.216. The van der Waals surface area contributed by atoms with Crippen LogP contribution in [-0.2, 0) is 12.8 Å². The fourth-order valence-corrected chi connectivity index (χ4v) is 6.75. The minimum absolute atomic E-state index is 0.582. The first kappa shape index (κ1) is 24.1. The van der Waals surface area contributed by atoms with Crippen LogP contribution in [0.5, 0.6) is 0 Å². The standard InChI is InChI=1S/C17H17Cl2N.C17H12/c1-9-4-5-13-12-6-7-20-11(3)14(12)8-15(19)17(13)16(9)10(2)18;1-11-5-6-14-8-7-12-3-2-4-13-9-10-15(11)17(14)16(12)13/h8,20H,2-7H2,1H3;2-10H,1H3. The van der Waals surface area contributed by atoms with E-state index >= 15 is 0 Å². The minimum atomic E-state index is 0.582. The summed E-state index contributed by atoms with van der Waals surface area (Å²) in [4.78, 5) is 0. The largest absolute Gasteiger partial charge is 0.385 e. The molecule has 0 fully saturated rings. The lowest BCUT2D eigenvalue weighted by Crippen LogP contribution is -2.24. The number of rotatable bonds is 1. The molecule has 1 nitrogen and oxygen atoms in total. The molecule has 1 N–H and O–H groups in total. The van der Waals surface area contributed by atoms with E-state index in [0.29, 0.717) is 5.03 Å². The second kappa shape index (κ2) is 9.24. The maximum absolute atomic E-state index is 6.55. The Bertz CT molecular complexity index is 1760.